The van der Waals surface area contributed by atoms with Crippen LogP contribution in [0.15, 0.2) is 82.7 Å². The number of nitro groups is 1. The minimum atomic E-state index is -0.412. The van der Waals surface area contributed by atoms with E-state index in [9.17, 15) is 14.9 Å². The predicted molar refractivity (Wildman–Crippen MR) is 115 cm³/mol. The Balaban J connectivity index is 1.80. The Bertz CT molecular complexity index is 1270. The number of aryl methyl sites for hydroxylation is 1. The molecule has 0 saturated carbocycles. The van der Waals surface area contributed by atoms with Crippen molar-refractivity contribution >= 4 is 28.4 Å². The number of aromatic nitrogens is 2. The van der Waals surface area contributed by atoms with Gasteiger partial charge in [0.15, 0.2) is 5.16 Å². The Labute approximate surface area is 171 Å². The lowest BCUT2D eigenvalue weighted by Gasteiger charge is -2.13. The smallest absolute Gasteiger partial charge is 0.268 e. The number of benzene rings is 3. The second-order valence-corrected chi connectivity index (χ2v) is 7.55. The number of hydrogen-bond acceptors (Lipinski definition) is 5. The lowest BCUT2D eigenvalue weighted by molar-refractivity contribution is -0.384. The second-order valence-electron chi connectivity index (χ2n) is 6.61. The molecule has 0 atom stereocenters. The molecule has 0 saturated heterocycles. The highest BCUT2D eigenvalue weighted by Crippen LogP contribution is 2.26. The summed E-state index contributed by atoms with van der Waals surface area (Å²) in [6.07, 6.45) is 0. The van der Waals surface area contributed by atoms with Crippen LogP contribution in [0.3, 0.4) is 0 Å². The third-order valence-corrected chi connectivity index (χ3v) is 5.51. The van der Waals surface area contributed by atoms with Crippen molar-refractivity contribution in [2.45, 2.75) is 17.8 Å². The molecule has 3 aromatic carbocycles. The monoisotopic (exact) mass is 403 g/mol. The summed E-state index contributed by atoms with van der Waals surface area (Å²) >= 11 is 1.38. The number of fused-ring (bicyclic) bond motifs is 1. The zero-order valence-electron chi connectivity index (χ0n) is 15.6. The molecule has 4 rings (SSSR count). The van der Waals surface area contributed by atoms with Gasteiger partial charge < -0.3 is 0 Å². The Hall–Kier alpha value is -3.45. The number of thioether (sulfide) groups is 1. The first-order valence-corrected chi connectivity index (χ1v) is 9.96. The van der Waals surface area contributed by atoms with Gasteiger partial charge in [-0.05, 0) is 36.8 Å². The van der Waals surface area contributed by atoms with Gasteiger partial charge in [-0.25, -0.2) is 4.98 Å². The van der Waals surface area contributed by atoms with Gasteiger partial charge in [0.25, 0.3) is 11.2 Å². The van der Waals surface area contributed by atoms with Crippen molar-refractivity contribution in [3.8, 4) is 5.69 Å². The zero-order valence-corrected chi connectivity index (χ0v) is 16.4. The molecule has 144 valence electrons. The van der Waals surface area contributed by atoms with E-state index in [-0.39, 0.29) is 11.2 Å². The van der Waals surface area contributed by atoms with Gasteiger partial charge in [0, 0.05) is 17.9 Å². The van der Waals surface area contributed by atoms with Crippen LogP contribution in [0.5, 0.6) is 0 Å². The Morgan fingerprint density at radius 2 is 1.83 bits per heavy atom. The first-order chi connectivity index (χ1) is 14.0. The number of rotatable bonds is 5. The van der Waals surface area contributed by atoms with E-state index < -0.39 is 4.92 Å². The van der Waals surface area contributed by atoms with Gasteiger partial charge in [0.2, 0.25) is 0 Å². The molecule has 0 spiro atoms. The van der Waals surface area contributed by atoms with Gasteiger partial charge >= 0.3 is 0 Å². The number of hydrogen-bond donors (Lipinski definition) is 0. The maximum atomic E-state index is 13.3. The molecule has 0 radical (unpaired) electrons. The maximum absolute atomic E-state index is 13.3. The van der Waals surface area contributed by atoms with Gasteiger partial charge in [-0.1, -0.05) is 53.7 Å². The van der Waals surface area contributed by atoms with Gasteiger partial charge in [-0.2, -0.15) is 0 Å². The zero-order chi connectivity index (χ0) is 20.4. The summed E-state index contributed by atoms with van der Waals surface area (Å²) in [5.74, 6) is 0.457. The molecule has 7 heteroatoms. The highest BCUT2D eigenvalue weighted by Gasteiger charge is 2.14. The summed E-state index contributed by atoms with van der Waals surface area (Å²) in [6.45, 7) is 1.94. The van der Waals surface area contributed by atoms with Gasteiger partial charge in [0.05, 0.1) is 21.5 Å². The molecule has 0 aliphatic rings. The van der Waals surface area contributed by atoms with Gasteiger partial charge in [0.1, 0.15) is 0 Å². The van der Waals surface area contributed by atoms with E-state index in [0.717, 1.165) is 16.8 Å². The van der Waals surface area contributed by atoms with Gasteiger partial charge in [-0.3, -0.25) is 19.5 Å². The highest BCUT2D eigenvalue weighted by molar-refractivity contribution is 7.98. The SMILES string of the molecule is Cc1ccc2nc(SCc3cccc([N+](=O)[O-])c3)n(-c3ccccc3)c(=O)c2c1. The van der Waals surface area contributed by atoms with Crippen LogP contribution in [0.25, 0.3) is 16.6 Å². The summed E-state index contributed by atoms with van der Waals surface area (Å²) in [7, 11) is 0. The number of para-hydroxylation sites is 1. The molecule has 0 bridgehead atoms. The van der Waals surface area contributed by atoms with E-state index >= 15 is 0 Å². The Morgan fingerprint density at radius 1 is 1.03 bits per heavy atom. The standard InChI is InChI=1S/C22H17N3O3S/c1-15-10-11-20-19(12-15)21(26)24(17-7-3-2-4-8-17)22(23-20)29-14-16-6-5-9-18(13-16)25(27)28/h2-13H,14H2,1H3. The van der Waals surface area contributed by atoms with E-state index in [1.807, 2.05) is 61.5 Å². The van der Waals surface area contributed by atoms with Crippen LogP contribution in [0, 0.1) is 17.0 Å². The Morgan fingerprint density at radius 3 is 2.59 bits per heavy atom. The molecule has 0 unspecified atom stereocenters. The normalized spacial score (nSPS) is 10.9. The number of non-ortho nitro benzene ring substituents is 1. The van der Waals surface area contributed by atoms with Crippen molar-refractivity contribution in [1.82, 2.24) is 9.55 Å². The van der Waals surface area contributed by atoms with Crippen molar-refractivity contribution in [1.29, 1.82) is 0 Å². The average molecular weight is 403 g/mol. The summed E-state index contributed by atoms with van der Waals surface area (Å²) in [5, 5.41) is 12.1. The van der Waals surface area contributed by atoms with Crippen molar-refractivity contribution in [3.05, 3.63) is 104 Å². The fourth-order valence-corrected chi connectivity index (χ4v) is 4.04. The van der Waals surface area contributed by atoms with Crippen LogP contribution in [0.2, 0.25) is 0 Å². The quantitative estimate of drug-likeness (QED) is 0.205. The Kier molecular flexibility index (Phi) is 5.14. The fraction of sp³-hybridized carbons (Fsp3) is 0.0909. The van der Waals surface area contributed by atoms with Crippen molar-refractivity contribution in [2.24, 2.45) is 0 Å². The topological polar surface area (TPSA) is 78.0 Å². The molecule has 4 aromatic rings. The third kappa shape index (κ3) is 3.90. The summed E-state index contributed by atoms with van der Waals surface area (Å²) < 4.78 is 1.60. The lowest BCUT2D eigenvalue weighted by atomic mass is 10.1. The molecule has 1 heterocycles. The highest BCUT2D eigenvalue weighted by atomic mass is 32.2. The summed E-state index contributed by atoms with van der Waals surface area (Å²) in [4.78, 5) is 28.6. The first kappa shape index (κ1) is 18.9. The third-order valence-electron chi connectivity index (χ3n) is 4.50. The molecule has 0 N–H and O–H groups in total. The lowest BCUT2D eigenvalue weighted by Crippen LogP contribution is -2.21. The van der Waals surface area contributed by atoms with E-state index in [1.54, 1.807) is 16.7 Å². The van der Waals surface area contributed by atoms with E-state index in [1.165, 1.54) is 17.8 Å². The molecule has 1 aromatic heterocycles. The van der Waals surface area contributed by atoms with Crippen LogP contribution in [0.4, 0.5) is 5.69 Å². The number of nitro benzene ring substituents is 1. The maximum Gasteiger partial charge on any atom is 0.269 e. The minimum absolute atomic E-state index is 0.0468. The first-order valence-electron chi connectivity index (χ1n) is 8.98. The van der Waals surface area contributed by atoms with Gasteiger partial charge in [-0.15, -0.1) is 0 Å². The fourth-order valence-electron chi connectivity index (χ4n) is 3.09. The summed E-state index contributed by atoms with van der Waals surface area (Å²) in [6, 6.07) is 21.5. The second kappa shape index (κ2) is 7.89. The molecule has 0 fully saturated rings. The average Bonchev–Trinajstić information content (AvgIpc) is 2.73. The van der Waals surface area contributed by atoms with Crippen LogP contribution < -0.4 is 5.56 Å². The number of nitrogens with zero attached hydrogens (tertiary/aromatic N) is 3. The van der Waals surface area contributed by atoms with E-state index in [0.29, 0.717) is 21.8 Å². The molecular formula is C22H17N3O3S. The van der Waals surface area contributed by atoms with Crippen molar-refractivity contribution in [3.63, 3.8) is 0 Å². The predicted octanol–water partition coefficient (Wildman–Crippen LogP) is 4.89. The minimum Gasteiger partial charge on any atom is -0.268 e. The van der Waals surface area contributed by atoms with Crippen LogP contribution in [-0.4, -0.2) is 14.5 Å². The van der Waals surface area contributed by atoms with Crippen LogP contribution in [0.1, 0.15) is 11.1 Å². The largest absolute Gasteiger partial charge is 0.269 e. The molecular weight excluding hydrogens is 386 g/mol. The molecule has 0 aliphatic heterocycles. The molecule has 0 aliphatic carbocycles. The van der Waals surface area contributed by atoms with Crippen LogP contribution >= 0.6 is 11.8 Å². The van der Waals surface area contributed by atoms with Crippen molar-refractivity contribution in [2.75, 3.05) is 0 Å². The molecule has 0 amide bonds. The van der Waals surface area contributed by atoms with E-state index in [2.05, 4.69) is 0 Å². The molecule has 6 nitrogen and oxygen atoms in total. The van der Waals surface area contributed by atoms with Crippen LogP contribution in [-0.2, 0) is 5.75 Å². The van der Waals surface area contributed by atoms with Crippen molar-refractivity contribution < 1.29 is 4.92 Å². The summed E-state index contributed by atoms with van der Waals surface area (Å²) in [5.41, 5.74) is 3.07. The molecule has 29 heavy (non-hydrogen) atoms. The van der Waals surface area contributed by atoms with E-state index in [4.69, 9.17) is 4.98 Å².